The van der Waals surface area contributed by atoms with Crippen LogP contribution in [0.3, 0.4) is 0 Å². The molecule has 33 heavy (non-hydrogen) atoms. The fraction of sp³-hybridized carbons (Fsp3) is 0.542. The minimum atomic E-state index is -0.247. The summed E-state index contributed by atoms with van der Waals surface area (Å²) in [5.41, 5.74) is 2.59. The number of anilines is 1. The predicted molar refractivity (Wildman–Crippen MR) is 130 cm³/mol. The van der Waals surface area contributed by atoms with Gasteiger partial charge in [-0.3, -0.25) is 14.6 Å². The summed E-state index contributed by atoms with van der Waals surface area (Å²) in [6, 6.07) is 5.40. The Labute approximate surface area is 197 Å². The molecule has 5 rings (SSSR count). The maximum atomic E-state index is 14.3. The Morgan fingerprint density at radius 2 is 1.88 bits per heavy atom. The Balaban J connectivity index is 1.26. The van der Waals surface area contributed by atoms with Gasteiger partial charge in [-0.25, -0.2) is 4.39 Å². The number of fused-ring (bicyclic) bond motifs is 1. The highest BCUT2D eigenvalue weighted by atomic mass is 32.2. The number of H-pyrrole nitrogens is 1. The second kappa shape index (κ2) is 9.37. The van der Waals surface area contributed by atoms with Crippen LogP contribution in [-0.4, -0.2) is 75.7 Å². The van der Waals surface area contributed by atoms with Gasteiger partial charge in [-0.15, -0.1) is 11.8 Å². The normalized spacial score (nSPS) is 21.6. The number of hydrogen-bond donors (Lipinski definition) is 2. The molecular formula is C24H30FN5O2S. The van der Waals surface area contributed by atoms with E-state index in [2.05, 4.69) is 10.3 Å². The molecule has 0 spiro atoms. The zero-order valence-electron chi connectivity index (χ0n) is 18.9. The molecule has 0 bridgehead atoms. The minimum Gasteiger partial charge on any atom is -0.381 e. The highest BCUT2D eigenvalue weighted by molar-refractivity contribution is 8.14. The van der Waals surface area contributed by atoms with E-state index in [4.69, 9.17) is 4.99 Å². The molecule has 1 saturated heterocycles. The summed E-state index contributed by atoms with van der Waals surface area (Å²) >= 11 is 1.64. The summed E-state index contributed by atoms with van der Waals surface area (Å²) in [5, 5.41) is 5.22. The summed E-state index contributed by atoms with van der Waals surface area (Å²) in [6.45, 7) is 3.92. The molecule has 1 saturated carbocycles. The second-order valence-corrected chi connectivity index (χ2v) is 10.2. The van der Waals surface area contributed by atoms with Crippen molar-refractivity contribution in [1.29, 1.82) is 0 Å². The third-order valence-electron chi connectivity index (χ3n) is 6.84. The molecule has 9 heteroatoms. The van der Waals surface area contributed by atoms with Gasteiger partial charge in [0.05, 0.1) is 29.4 Å². The van der Waals surface area contributed by atoms with Crippen LogP contribution in [0.1, 0.15) is 44.7 Å². The number of aromatic amines is 1. The maximum absolute atomic E-state index is 14.3. The third kappa shape index (κ3) is 4.88. The number of benzene rings is 1. The van der Waals surface area contributed by atoms with Gasteiger partial charge in [0.15, 0.2) is 0 Å². The lowest BCUT2D eigenvalue weighted by molar-refractivity contribution is -0.138. The van der Waals surface area contributed by atoms with Crippen molar-refractivity contribution in [3.63, 3.8) is 0 Å². The van der Waals surface area contributed by atoms with E-state index in [1.165, 1.54) is 12.8 Å². The second-order valence-electron chi connectivity index (χ2n) is 9.22. The number of amides is 2. The summed E-state index contributed by atoms with van der Waals surface area (Å²) in [6.07, 6.45) is 5.04. The van der Waals surface area contributed by atoms with Crippen molar-refractivity contribution in [3.8, 4) is 0 Å². The lowest BCUT2D eigenvalue weighted by atomic mass is 10.2. The Morgan fingerprint density at radius 3 is 2.61 bits per heavy atom. The Bertz CT molecular complexity index is 1090. The van der Waals surface area contributed by atoms with E-state index < -0.39 is 0 Å². The summed E-state index contributed by atoms with van der Waals surface area (Å²) in [7, 11) is 0. The summed E-state index contributed by atoms with van der Waals surface area (Å²) in [4.78, 5) is 36.1. The zero-order valence-corrected chi connectivity index (χ0v) is 19.7. The van der Waals surface area contributed by atoms with Gasteiger partial charge >= 0.3 is 0 Å². The van der Waals surface area contributed by atoms with Gasteiger partial charge in [0.25, 0.3) is 0 Å². The van der Waals surface area contributed by atoms with E-state index in [1.807, 2.05) is 11.0 Å². The summed E-state index contributed by atoms with van der Waals surface area (Å²) in [5.74, 6) is 0.660. The first-order valence-corrected chi connectivity index (χ1v) is 12.8. The van der Waals surface area contributed by atoms with Crippen molar-refractivity contribution in [1.82, 2.24) is 14.8 Å². The van der Waals surface area contributed by atoms with Crippen molar-refractivity contribution in [2.45, 2.75) is 51.1 Å². The Hall–Kier alpha value is -2.55. The van der Waals surface area contributed by atoms with Crippen LogP contribution in [0.15, 0.2) is 23.2 Å². The number of aliphatic imine (C=N–C) groups is 1. The molecule has 0 unspecified atom stereocenters. The molecule has 2 N–H and O–H groups in total. The molecule has 1 aromatic carbocycles. The molecule has 176 valence electrons. The standard InChI is InChI=1S/C24H30FN5O2S/c1-15(31)29-6-8-30(9-7-29)22(32)13-19-14-33-24(27-19)21-11-16-10-17(25)12-20(23(16)28-21)26-18-4-2-3-5-18/h10-12,18-19,26,28H,2-9,13-14H2,1H3/t19-/m1/s1. The largest absolute Gasteiger partial charge is 0.381 e. The quantitative estimate of drug-likeness (QED) is 0.698. The summed E-state index contributed by atoms with van der Waals surface area (Å²) < 4.78 is 14.3. The average molecular weight is 472 g/mol. The first kappa shape index (κ1) is 22.3. The molecule has 1 atom stereocenters. The van der Waals surface area contributed by atoms with Gasteiger partial charge in [0, 0.05) is 50.3 Å². The fourth-order valence-electron chi connectivity index (χ4n) is 5.00. The van der Waals surface area contributed by atoms with E-state index in [0.29, 0.717) is 38.6 Å². The SMILES string of the molecule is CC(=O)N1CCN(C(=O)C[C@@H]2CSC(c3cc4cc(F)cc(NC5CCCC5)c4[nH]3)=N2)CC1. The van der Waals surface area contributed by atoms with Crippen LogP contribution in [0.2, 0.25) is 0 Å². The number of carbonyl (C=O) groups is 2. The van der Waals surface area contributed by atoms with Crippen LogP contribution in [0.25, 0.3) is 10.9 Å². The highest BCUT2D eigenvalue weighted by Gasteiger charge is 2.28. The lowest BCUT2D eigenvalue weighted by Crippen LogP contribution is -2.50. The van der Waals surface area contributed by atoms with Crippen molar-refractivity contribution in [3.05, 3.63) is 29.7 Å². The average Bonchev–Trinajstić information content (AvgIpc) is 3.54. The number of thioether (sulfide) groups is 1. The van der Waals surface area contributed by atoms with E-state index in [1.54, 1.807) is 35.7 Å². The molecule has 2 amide bonds. The third-order valence-corrected chi connectivity index (χ3v) is 7.99. The first-order valence-electron chi connectivity index (χ1n) is 11.8. The van der Waals surface area contributed by atoms with Crippen LogP contribution >= 0.6 is 11.8 Å². The van der Waals surface area contributed by atoms with E-state index in [-0.39, 0.29) is 23.7 Å². The molecule has 1 aliphatic carbocycles. The van der Waals surface area contributed by atoms with E-state index in [0.717, 1.165) is 45.9 Å². The topological polar surface area (TPSA) is 80.8 Å². The Kier molecular flexibility index (Phi) is 6.32. The number of halogens is 1. The van der Waals surface area contributed by atoms with Gasteiger partial charge < -0.3 is 20.1 Å². The molecular weight excluding hydrogens is 441 g/mol. The van der Waals surface area contributed by atoms with Crippen LogP contribution in [0, 0.1) is 5.82 Å². The van der Waals surface area contributed by atoms with Gasteiger partial charge in [-0.2, -0.15) is 0 Å². The molecule has 1 aromatic heterocycles. The van der Waals surface area contributed by atoms with Gasteiger partial charge in [0.2, 0.25) is 11.8 Å². The van der Waals surface area contributed by atoms with Crippen LogP contribution < -0.4 is 5.32 Å². The lowest BCUT2D eigenvalue weighted by Gasteiger charge is -2.34. The van der Waals surface area contributed by atoms with Gasteiger partial charge in [-0.1, -0.05) is 12.8 Å². The van der Waals surface area contributed by atoms with Crippen molar-refractivity contribution < 1.29 is 14.0 Å². The molecule has 2 aliphatic heterocycles. The molecule has 0 radical (unpaired) electrons. The smallest absolute Gasteiger partial charge is 0.224 e. The Morgan fingerprint density at radius 1 is 1.15 bits per heavy atom. The monoisotopic (exact) mass is 471 g/mol. The van der Waals surface area contributed by atoms with Gasteiger partial charge in [0.1, 0.15) is 10.9 Å². The molecule has 2 fully saturated rings. The fourth-order valence-corrected chi connectivity index (χ4v) is 6.03. The van der Waals surface area contributed by atoms with Crippen molar-refractivity contribution in [2.24, 2.45) is 4.99 Å². The first-order chi connectivity index (χ1) is 16.0. The van der Waals surface area contributed by atoms with Crippen molar-refractivity contribution in [2.75, 3.05) is 37.2 Å². The number of aromatic nitrogens is 1. The molecule has 3 aliphatic rings. The molecule has 3 heterocycles. The van der Waals surface area contributed by atoms with Crippen LogP contribution in [0.5, 0.6) is 0 Å². The number of nitrogens with zero attached hydrogens (tertiary/aromatic N) is 3. The van der Waals surface area contributed by atoms with Crippen LogP contribution in [-0.2, 0) is 9.59 Å². The van der Waals surface area contributed by atoms with E-state index >= 15 is 0 Å². The number of carbonyl (C=O) groups excluding carboxylic acids is 2. The predicted octanol–water partition coefficient (Wildman–Crippen LogP) is 3.60. The minimum absolute atomic E-state index is 0.0587. The number of hydrogen-bond acceptors (Lipinski definition) is 5. The molecule has 2 aromatic rings. The van der Waals surface area contributed by atoms with Gasteiger partial charge in [-0.05, 0) is 31.0 Å². The van der Waals surface area contributed by atoms with Crippen molar-refractivity contribution >= 4 is 45.2 Å². The number of nitrogens with one attached hydrogen (secondary N) is 2. The maximum Gasteiger partial charge on any atom is 0.224 e. The van der Waals surface area contributed by atoms with E-state index in [9.17, 15) is 14.0 Å². The zero-order chi connectivity index (χ0) is 22.9. The molecule has 7 nitrogen and oxygen atoms in total. The number of piperazine rings is 1. The van der Waals surface area contributed by atoms with Crippen LogP contribution in [0.4, 0.5) is 10.1 Å². The highest BCUT2D eigenvalue weighted by Crippen LogP contribution is 2.32. The number of rotatable bonds is 5.